The van der Waals surface area contributed by atoms with Crippen LogP contribution in [-0.4, -0.2) is 13.7 Å². The molecule has 0 radical (unpaired) electrons. The fourth-order valence-corrected chi connectivity index (χ4v) is 1.75. The third kappa shape index (κ3) is 7.28. The smallest absolute Gasteiger partial charge is 0.0528 e. The molecular weight excluding hydrogens is 255 g/mol. The van der Waals surface area contributed by atoms with E-state index < -0.39 is 0 Å². The number of methoxy groups -OCH3 is 1. The molecule has 0 heterocycles. The van der Waals surface area contributed by atoms with Crippen LogP contribution >= 0.6 is 23.2 Å². The highest BCUT2D eigenvalue weighted by Crippen LogP contribution is 2.24. The van der Waals surface area contributed by atoms with Crippen LogP contribution < -0.4 is 0 Å². The van der Waals surface area contributed by atoms with Crippen molar-refractivity contribution in [1.29, 1.82) is 0 Å². The van der Waals surface area contributed by atoms with Crippen molar-refractivity contribution < 1.29 is 4.74 Å². The van der Waals surface area contributed by atoms with E-state index in [0.717, 1.165) is 5.56 Å². The van der Waals surface area contributed by atoms with Gasteiger partial charge in [0.2, 0.25) is 0 Å². The van der Waals surface area contributed by atoms with Gasteiger partial charge >= 0.3 is 0 Å². The van der Waals surface area contributed by atoms with Gasteiger partial charge < -0.3 is 4.74 Å². The lowest BCUT2D eigenvalue weighted by atomic mass is 10.0. The monoisotopic (exact) mass is 272 g/mol. The summed E-state index contributed by atoms with van der Waals surface area (Å²) >= 11 is 11.7. The van der Waals surface area contributed by atoms with E-state index in [4.69, 9.17) is 27.9 Å². The molecule has 1 unspecified atom stereocenters. The first-order valence-corrected chi connectivity index (χ1v) is 6.09. The van der Waals surface area contributed by atoms with Crippen LogP contribution in [0.1, 0.15) is 32.3 Å². The molecule has 1 rings (SSSR count). The maximum absolute atomic E-state index is 5.87. The molecule has 0 N–H and O–H groups in total. The highest BCUT2D eigenvalue weighted by Gasteiger charge is 2.06. The molecule has 0 spiro atoms. The second kappa shape index (κ2) is 9.36. The Morgan fingerprint density at radius 3 is 1.94 bits per heavy atom. The van der Waals surface area contributed by atoms with Crippen LogP contribution in [-0.2, 0) is 4.74 Å². The van der Waals surface area contributed by atoms with E-state index in [2.05, 4.69) is 18.8 Å². The van der Waals surface area contributed by atoms with Crippen molar-refractivity contribution in [3.8, 4) is 11.8 Å². The molecule has 0 aliphatic heterocycles. The van der Waals surface area contributed by atoms with Gasteiger partial charge in [0.1, 0.15) is 0 Å². The summed E-state index contributed by atoms with van der Waals surface area (Å²) in [7, 11) is 1.68. The number of benzene rings is 1. The van der Waals surface area contributed by atoms with Gasteiger partial charge in [-0.1, -0.05) is 30.1 Å². The highest BCUT2D eigenvalue weighted by atomic mass is 35.5. The molecule has 0 saturated heterocycles. The molecule has 94 valence electrons. The standard InChI is InChI=1S/C10H12Cl2O.C4H6/c1-7(6-13-2)8-3-9(11)5-10(12)4-8;1-3-4-2/h3-5,7H,6H2,1-2H3;1-2H3. The summed E-state index contributed by atoms with van der Waals surface area (Å²) in [5.41, 5.74) is 1.11. The SMILES string of the molecule is CC#CC.COCC(C)c1cc(Cl)cc(Cl)c1. The van der Waals surface area contributed by atoms with E-state index in [1.165, 1.54) is 0 Å². The van der Waals surface area contributed by atoms with Crippen LogP contribution in [0, 0.1) is 11.8 Å². The minimum atomic E-state index is 0.321. The fourth-order valence-electron chi connectivity index (χ4n) is 1.21. The predicted molar refractivity (Wildman–Crippen MR) is 75.9 cm³/mol. The van der Waals surface area contributed by atoms with Gasteiger partial charge in [-0.3, -0.25) is 0 Å². The topological polar surface area (TPSA) is 9.23 Å². The number of hydrogen-bond acceptors (Lipinski definition) is 1. The molecular formula is C14H18Cl2O. The average Bonchev–Trinajstić information content (AvgIpc) is 2.28. The molecule has 1 atom stereocenters. The molecule has 0 fully saturated rings. The summed E-state index contributed by atoms with van der Waals surface area (Å²) in [6.07, 6.45) is 0. The number of halogens is 2. The van der Waals surface area contributed by atoms with E-state index in [9.17, 15) is 0 Å². The molecule has 0 aliphatic carbocycles. The molecule has 1 aromatic rings. The zero-order valence-electron chi connectivity index (χ0n) is 10.7. The van der Waals surface area contributed by atoms with Crippen molar-refractivity contribution in [3.63, 3.8) is 0 Å². The van der Waals surface area contributed by atoms with Gasteiger partial charge in [0.15, 0.2) is 0 Å². The summed E-state index contributed by atoms with van der Waals surface area (Å²) in [5, 5.41) is 1.34. The Labute approximate surface area is 114 Å². The van der Waals surface area contributed by atoms with Crippen LogP contribution in [0.2, 0.25) is 10.0 Å². The van der Waals surface area contributed by atoms with Gasteiger partial charge in [0, 0.05) is 23.1 Å². The van der Waals surface area contributed by atoms with E-state index in [0.29, 0.717) is 22.6 Å². The van der Waals surface area contributed by atoms with Crippen molar-refractivity contribution in [2.24, 2.45) is 0 Å². The van der Waals surface area contributed by atoms with Gasteiger partial charge in [0.25, 0.3) is 0 Å². The summed E-state index contributed by atoms with van der Waals surface area (Å²) in [4.78, 5) is 0. The zero-order chi connectivity index (χ0) is 13.3. The highest BCUT2D eigenvalue weighted by molar-refractivity contribution is 6.34. The van der Waals surface area contributed by atoms with Crippen LogP contribution in [0.25, 0.3) is 0 Å². The lowest BCUT2D eigenvalue weighted by Gasteiger charge is -2.11. The van der Waals surface area contributed by atoms with Gasteiger partial charge in [-0.15, -0.1) is 11.8 Å². The second-order valence-electron chi connectivity index (χ2n) is 3.56. The van der Waals surface area contributed by atoms with E-state index >= 15 is 0 Å². The Kier molecular flexibility index (Phi) is 8.99. The fraction of sp³-hybridized carbons (Fsp3) is 0.429. The lowest BCUT2D eigenvalue weighted by molar-refractivity contribution is 0.184. The van der Waals surface area contributed by atoms with E-state index in [1.807, 2.05) is 26.0 Å². The van der Waals surface area contributed by atoms with Crippen molar-refractivity contribution >= 4 is 23.2 Å². The Morgan fingerprint density at radius 2 is 1.59 bits per heavy atom. The van der Waals surface area contributed by atoms with Crippen LogP contribution in [0.3, 0.4) is 0 Å². The Bertz CT molecular complexity index is 365. The zero-order valence-corrected chi connectivity index (χ0v) is 12.2. The van der Waals surface area contributed by atoms with Crippen molar-refractivity contribution in [1.82, 2.24) is 0 Å². The lowest BCUT2D eigenvalue weighted by Crippen LogP contribution is -2.01. The molecule has 0 saturated carbocycles. The van der Waals surface area contributed by atoms with Gasteiger partial charge in [0.05, 0.1) is 6.61 Å². The molecule has 0 amide bonds. The molecule has 0 bridgehead atoms. The Hall–Kier alpha value is -0.680. The summed E-state index contributed by atoms with van der Waals surface area (Å²) in [6, 6.07) is 5.56. The van der Waals surface area contributed by atoms with E-state index in [-0.39, 0.29) is 0 Å². The first-order valence-electron chi connectivity index (χ1n) is 5.33. The molecule has 3 heteroatoms. The third-order valence-corrected chi connectivity index (χ3v) is 2.56. The second-order valence-corrected chi connectivity index (χ2v) is 4.43. The van der Waals surface area contributed by atoms with Gasteiger partial charge in [-0.2, -0.15) is 0 Å². The van der Waals surface area contributed by atoms with Crippen LogP contribution in [0.5, 0.6) is 0 Å². The van der Waals surface area contributed by atoms with Crippen molar-refractivity contribution in [2.45, 2.75) is 26.7 Å². The van der Waals surface area contributed by atoms with Crippen LogP contribution in [0.15, 0.2) is 18.2 Å². The minimum absolute atomic E-state index is 0.321. The minimum Gasteiger partial charge on any atom is -0.384 e. The third-order valence-electron chi connectivity index (χ3n) is 2.12. The number of hydrogen-bond donors (Lipinski definition) is 0. The van der Waals surface area contributed by atoms with Gasteiger partial charge in [-0.25, -0.2) is 0 Å². The maximum atomic E-state index is 5.87. The first-order chi connectivity index (χ1) is 8.04. The summed E-state index contributed by atoms with van der Waals surface area (Å²) < 4.78 is 5.05. The number of ether oxygens (including phenoxy) is 1. The largest absolute Gasteiger partial charge is 0.384 e. The molecule has 0 aliphatic rings. The van der Waals surface area contributed by atoms with E-state index in [1.54, 1.807) is 13.2 Å². The average molecular weight is 273 g/mol. The van der Waals surface area contributed by atoms with Gasteiger partial charge in [-0.05, 0) is 37.6 Å². The van der Waals surface area contributed by atoms with Crippen molar-refractivity contribution in [3.05, 3.63) is 33.8 Å². The Balaban J connectivity index is 0.000000557. The molecule has 1 nitrogen and oxygen atoms in total. The molecule has 17 heavy (non-hydrogen) atoms. The summed E-state index contributed by atoms with van der Waals surface area (Å²) in [5.74, 6) is 5.68. The number of rotatable bonds is 3. The van der Waals surface area contributed by atoms with Crippen molar-refractivity contribution in [2.75, 3.05) is 13.7 Å². The quantitative estimate of drug-likeness (QED) is 0.720. The normalized spacial score (nSPS) is 10.7. The predicted octanol–water partition coefficient (Wildman–Crippen LogP) is 4.77. The summed E-state index contributed by atoms with van der Waals surface area (Å²) in [6.45, 7) is 6.39. The first kappa shape index (κ1) is 16.3. The maximum Gasteiger partial charge on any atom is 0.0528 e. The molecule has 1 aromatic carbocycles. The molecule has 0 aromatic heterocycles. The van der Waals surface area contributed by atoms with Crippen LogP contribution in [0.4, 0.5) is 0 Å². The Morgan fingerprint density at radius 1 is 1.12 bits per heavy atom.